The third-order valence-electron chi connectivity index (χ3n) is 8.86. The van der Waals surface area contributed by atoms with E-state index in [0.717, 1.165) is 25.0 Å². The zero-order valence-electron chi connectivity index (χ0n) is 18.4. The van der Waals surface area contributed by atoms with E-state index in [9.17, 15) is 9.90 Å². The largest absolute Gasteiger partial charge is 0.462 e. The highest BCUT2D eigenvalue weighted by molar-refractivity contribution is 5.75. The lowest BCUT2D eigenvalue weighted by molar-refractivity contribution is -0.147. The molecule has 0 bridgehead atoms. The molecule has 1 aromatic carbocycles. The minimum atomic E-state index is -0.583. The SMILES string of the molecule is C[C@@H]([C@@H](O)c1ccccc1)N(C)C[C@H]1C(=O)O[C@@H]2C[C@@]3(C)CCC[C@@]4(CO4)[C@H]3C[C@H]21. The topological polar surface area (TPSA) is 62.3 Å². The van der Waals surface area contributed by atoms with Crippen LogP contribution in [0.3, 0.4) is 0 Å². The van der Waals surface area contributed by atoms with Crippen molar-refractivity contribution in [2.45, 2.75) is 69.8 Å². The van der Waals surface area contributed by atoms with Crippen molar-refractivity contribution >= 4 is 5.97 Å². The number of rotatable bonds is 5. The number of aliphatic hydroxyl groups excluding tert-OH is 1. The number of likely N-dealkylation sites (N-methyl/N-ethyl adjacent to an activating group) is 1. The molecule has 5 rings (SSSR count). The van der Waals surface area contributed by atoms with Crippen molar-refractivity contribution < 1.29 is 19.4 Å². The smallest absolute Gasteiger partial charge is 0.310 e. The van der Waals surface area contributed by atoms with Crippen LogP contribution in [0.15, 0.2) is 30.3 Å². The minimum Gasteiger partial charge on any atom is -0.462 e. The third kappa shape index (κ3) is 3.30. The molecule has 0 aromatic heterocycles. The van der Waals surface area contributed by atoms with E-state index >= 15 is 0 Å². The quantitative estimate of drug-likeness (QED) is 0.591. The maximum absolute atomic E-state index is 12.9. The summed E-state index contributed by atoms with van der Waals surface area (Å²) >= 11 is 0. The fourth-order valence-corrected chi connectivity index (χ4v) is 6.81. The second-order valence-corrected chi connectivity index (χ2v) is 10.6. The predicted octanol–water partition coefficient (Wildman–Crippen LogP) is 3.57. The van der Waals surface area contributed by atoms with Crippen LogP contribution in [0.25, 0.3) is 0 Å². The first kappa shape index (κ1) is 20.5. The Labute approximate surface area is 179 Å². The van der Waals surface area contributed by atoms with Gasteiger partial charge in [0.1, 0.15) is 6.10 Å². The molecule has 1 spiro atoms. The number of esters is 1. The van der Waals surface area contributed by atoms with E-state index in [-0.39, 0.29) is 41.0 Å². The first-order chi connectivity index (χ1) is 14.3. The molecule has 2 heterocycles. The van der Waals surface area contributed by atoms with Crippen molar-refractivity contribution in [3.63, 3.8) is 0 Å². The summed E-state index contributed by atoms with van der Waals surface area (Å²) in [4.78, 5) is 15.0. The maximum atomic E-state index is 12.9. The van der Waals surface area contributed by atoms with Crippen LogP contribution in [0.4, 0.5) is 0 Å². The van der Waals surface area contributed by atoms with Gasteiger partial charge in [0.15, 0.2) is 0 Å². The summed E-state index contributed by atoms with van der Waals surface area (Å²) < 4.78 is 12.0. The number of aliphatic hydroxyl groups is 1. The number of ether oxygens (including phenoxy) is 2. The highest BCUT2D eigenvalue weighted by Gasteiger charge is 2.65. The second kappa shape index (κ2) is 7.32. The van der Waals surface area contributed by atoms with Gasteiger partial charge < -0.3 is 14.6 Å². The summed E-state index contributed by atoms with van der Waals surface area (Å²) in [5.41, 5.74) is 1.22. The predicted molar refractivity (Wildman–Crippen MR) is 114 cm³/mol. The fraction of sp³-hybridized carbons (Fsp3) is 0.720. The van der Waals surface area contributed by atoms with Gasteiger partial charge in [0, 0.05) is 18.5 Å². The Balaban J connectivity index is 1.30. The lowest BCUT2D eigenvalue weighted by Gasteiger charge is -2.51. The molecule has 4 aliphatic rings. The fourth-order valence-electron chi connectivity index (χ4n) is 6.81. The van der Waals surface area contributed by atoms with Crippen molar-refractivity contribution in [2.24, 2.45) is 23.2 Å². The first-order valence-corrected chi connectivity index (χ1v) is 11.6. The van der Waals surface area contributed by atoms with E-state index in [2.05, 4.69) is 11.8 Å². The van der Waals surface area contributed by atoms with Crippen molar-refractivity contribution in [3.05, 3.63) is 35.9 Å². The van der Waals surface area contributed by atoms with Gasteiger partial charge in [0.05, 0.1) is 24.2 Å². The van der Waals surface area contributed by atoms with Crippen LogP contribution in [0.1, 0.15) is 57.6 Å². The van der Waals surface area contributed by atoms with E-state index in [4.69, 9.17) is 9.47 Å². The van der Waals surface area contributed by atoms with Crippen LogP contribution in [0.2, 0.25) is 0 Å². The number of carbonyl (C=O) groups excluding carboxylic acids is 1. The summed E-state index contributed by atoms with van der Waals surface area (Å²) in [6, 6.07) is 9.68. The van der Waals surface area contributed by atoms with Crippen molar-refractivity contribution in [2.75, 3.05) is 20.2 Å². The maximum Gasteiger partial charge on any atom is 0.310 e. The van der Waals surface area contributed by atoms with Gasteiger partial charge in [-0.1, -0.05) is 37.3 Å². The van der Waals surface area contributed by atoms with Crippen LogP contribution < -0.4 is 0 Å². The number of nitrogens with zero attached hydrogens (tertiary/aromatic N) is 1. The molecule has 2 saturated carbocycles. The molecule has 0 radical (unpaired) electrons. The van der Waals surface area contributed by atoms with Crippen LogP contribution in [-0.2, 0) is 14.3 Å². The molecule has 5 heteroatoms. The lowest BCUT2D eigenvalue weighted by atomic mass is 9.53. The van der Waals surface area contributed by atoms with E-state index in [0.29, 0.717) is 12.5 Å². The summed E-state index contributed by atoms with van der Waals surface area (Å²) in [6.07, 6.45) is 5.07. The zero-order valence-corrected chi connectivity index (χ0v) is 18.4. The Morgan fingerprint density at radius 1 is 1.27 bits per heavy atom. The molecule has 2 aliphatic carbocycles. The Hall–Kier alpha value is -1.43. The van der Waals surface area contributed by atoms with Crippen LogP contribution in [0.5, 0.6) is 0 Å². The van der Waals surface area contributed by atoms with Crippen molar-refractivity contribution in [1.82, 2.24) is 4.90 Å². The molecule has 0 amide bonds. The van der Waals surface area contributed by atoms with Gasteiger partial charge in [-0.05, 0) is 63.0 Å². The first-order valence-electron chi connectivity index (χ1n) is 11.6. The summed E-state index contributed by atoms with van der Waals surface area (Å²) in [7, 11) is 2.01. The number of benzene rings is 1. The molecule has 2 saturated heterocycles. The zero-order chi connectivity index (χ0) is 21.1. The third-order valence-corrected chi connectivity index (χ3v) is 8.86. The van der Waals surface area contributed by atoms with Gasteiger partial charge in [-0.25, -0.2) is 0 Å². The summed E-state index contributed by atoms with van der Waals surface area (Å²) in [5, 5.41) is 10.8. The monoisotopic (exact) mass is 413 g/mol. The second-order valence-electron chi connectivity index (χ2n) is 10.6. The van der Waals surface area contributed by atoms with Crippen molar-refractivity contribution in [3.8, 4) is 0 Å². The average Bonchev–Trinajstić information content (AvgIpc) is 3.44. The molecular formula is C25H35NO4. The Kier molecular flexibility index (Phi) is 4.99. The Morgan fingerprint density at radius 2 is 2.00 bits per heavy atom. The van der Waals surface area contributed by atoms with E-state index in [1.54, 1.807) is 0 Å². The standard InChI is InChI=1S/C25H35NO4/c1-16(22(27)17-8-5-4-6-9-17)26(3)14-19-18-12-21-24(2,13-20(18)30-23(19)28)10-7-11-25(21)15-29-25/h4-6,8-9,16,18-22,27H,7,10-15H2,1-3H3/t16-,18-,19+,20+,21-,22+,24+,25+/m0/s1. The molecule has 0 unspecified atom stereocenters. The minimum absolute atomic E-state index is 0.0420. The number of hydrogen-bond donors (Lipinski definition) is 1. The van der Waals surface area contributed by atoms with Gasteiger partial charge in [0.2, 0.25) is 0 Å². The molecule has 164 valence electrons. The van der Waals surface area contributed by atoms with E-state index in [1.165, 1.54) is 19.3 Å². The normalized spacial score (nSPS) is 41.8. The molecule has 1 aromatic rings. The average molecular weight is 414 g/mol. The molecule has 5 nitrogen and oxygen atoms in total. The van der Waals surface area contributed by atoms with E-state index < -0.39 is 6.10 Å². The van der Waals surface area contributed by atoms with Crippen LogP contribution in [0, 0.1) is 23.2 Å². The highest BCUT2D eigenvalue weighted by Crippen LogP contribution is 2.62. The molecule has 8 atom stereocenters. The summed E-state index contributed by atoms with van der Waals surface area (Å²) in [5.74, 6) is 0.631. The Morgan fingerprint density at radius 3 is 2.70 bits per heavy atom. The van der Waals surface area contributed by atoms with Gasteiger partial charge >= 0.3 is 5.97 Å². The Bertz CT molecular complexity index is 794. The number of fused-ring (bicyclic) bond motifs is 3. The number of epoxide rings is 1. The number of carbonyl (C=O) groups is 1. The molecule has 2 aliphatic heterocycles. The highest BCUT2D eigenvalue weighted by atomic mass is 16.6. The van der Waals surface area contributed by atoms with Crippen molar-refractivity contribution in [1.29, 1.82) is 0 Å². The van der Waals surface area contributed by atoms with Crippen LogP contribution in [-0.4, -0.2) is 53.9 Å². The van der Waals surface area contributed by atoms with Gasteiger partial charge in [-0.15, -0.1) is 0 Å². The van der Waals surface area contributed by atoms with Gasteiger partial charge in [-0.3, -0.25) is 9.69 Å². The molecule has 4 fully saturated rings. The molecule has 1 N–H and O–H groups in total. The van der Waals surface area contributed by atoms with Crippen LogP contribution >= 0.6 is 0 Å². The van der Waals surface area contributed by atoms with E-state index in [1.807, 2.05) is 44.3 Å². The number of hydrogen-bond acceptors (Lipinski definition) is 5. The molecule has 30 heavy (non-hydrogen) atoms. The summed E-state index contributed by atoms with van der Waals surface area (Å²) in [6.45, 7) is 5.94. The van der Waals surface area contributed by atoms with Gasteiger partial charge in [0.25, 0.3) is 0 Å². The lowest BCUT2D eigenvalue weighted by Crippen LogP contribution is -2.51. The van der Waals surface area contributed by atoms with Gasteiger partial charge in [-0.2, -0.15) is 0 Å². The molecular weight excluding hydrogens is 378 g/mol.